The minimum Gasteiger partial charge on any atom is -0.380 e. The largest absolute Gasteiger partial charge is 0.380 e. The molecule has 82 valence electrons. The molecule has 1 saturated carbocycles. The molecule has 0 aliphatic heterocycles. The number of ether oxygens (including phenoxy) is 1. The first-order valence-electron chi connectivity index (χ1n) is 5.14. The van der Waals surface area contributed by atoms with Gasteiger partial charge in [-0.1, -0.05) is 12.8 Å². The molecule has 0 aromatic heterocycles. The van der Waals surface area contributed by atoms with Crippen molar-refractivity contribution in [1.82, 2.24) is 5.32 Å². The fourth-order valence-corrected chi connectivity index (χ4v) is 2.44. The van der Waals surface area contributed by atoms with E-state index in [9.17, 15) is 4.79 Å². The summed E-state index contributed by atoms with van der Waals surface area (Å²) < 4.78 is 5.43. The Morgan fingerprint density at radius 2 is 2.36 bits per heavy atom. The van der Waals surface area contributed by atoms with Crippen LogP contribution in [0.2, 0.25) is 0 Å². The molecular weight excluding hydrogens is 180 g/mol. The lowest BCUT2D eigenvalue weighted by Crippen LogP contribution is -2.57. The van der Waals surface area contributed by atoms with Crippen LogP contribution in [0.5, 0.6) is 0 Å². The second-order valence-corrected chi connectivity index (χ2v) is 4.02. The quantitative estimate of drug-likeness (QED) is 0.691. The summed E-state index contributed by atoms with van der Waals surface area (Å²) in [5, 5.41) is 3.22. The van der Waals surface area contributed by atoms with Gasteiger partial charge in [-0.15, -0.1) is 0 Å². The maximum Gasteiger partial charge on any atom is 0.219 e. The molecule has 4 heteroatoms. The lowest BCUT2D eigenvalue weighted by molar-refractivity contribution is -0.122. The van der Waals surface area contributed by atoms with Gasteiger partial charge < -0.3 is 15.8 Å². The molecule has 4 nitrogen and oxygen atoms in total. The van der Waals surface area contributed by atoms with Crippen molar-refractivity contribution in [3.63, 3.8) is 0 Å². The van der Waals surface area contributed by atoms with Crippen LogP contribution in [0.3, 0.4) is 0 Å². The van der Waals surface area contributed by atoms with Crippen LogP contribution >= 0.6 is 0 Å². The van der Waals surface area contributed by atoms with Crippen LogP contribution in [0.4, 0.5) is 0 Å². The van der Waals surface area contributed by atoms with Gasteiger partial charge in [0.1, 0.15) is 0 Å². The molecule has 1 aliphatic rings. The predicted molar refractivity (Wildman–Crippen MR) is 54.9 cm³/mol. The van der Waals surface area contributed by atoms with Gasteiger partial charge in [-0.3, -0.25) is 4.79 Å². The van der Waals surface area contributed by atoms with Gasteiger partial charge in [0.05, 0.1) is 11.6 Å². The minimum absolute atomic E-state index is 0.105. The van der Waals surface area contributed by atoms with Crippen LogP contribution in [-0.4, -0.2) is 31.7 Å². The number of methoxy groups -OCH3 is 1. The third-order valence-electron chi connectivity index (χ3n) is 3.23. The normalized spacial score (nSPS) is 32.9. The summed E-state index contributed by atoms with van der Waals surface area (Å²) >= 11 is 0. The predicted octanol–water partition coefficient (Wildman–Crippen LogP) is 0.409. The Balaban J connectivity index is 2.75. The van der Waals surface area contributed by atoms with Crippen LogP contribution < -0.4 is 11.1 Å². The average Bonchev–Trinajstić information content (AvgIpc) is 2.17. The number of amides is 1. The average molecular weight is 200 g/mol. The van der Waals surface area contributed by atoms with E-state index in [0.717, 1.165) is 19.3 Å². The van der Waals surface area contributed by atoms with Crippen LogP contribution in [0, 0.1) is 0 Å². The topological polar surface area (TPSA) is 64.3 Å². The number of hydrogen-bond donors (Lipinski definition) is 2. The lowest BCUT2D eigenvalue weighted by Gasteiger charge is -2.42. The first-order valence-corrected chi connectivity index (χ1v) is 5.14. The van der Waals surface area contributed by atoms with E-state index in [1.807, 2.05) is 7.05 Å². The molecule has 2 unspecified atom stereocenters. The molecule has 1 amide bonds. The van der Waals surface area contributed by atoms with Crippen LogP contribution in [0.15, 0.2) is 0 Å². The standard InChI is InChI=1S/C10H20N2O2/c1-12-10(7-9(11)13)6-4-3-5-8(10)14-2/h8,12H,3-7H2,1-2H3,(H2,11,13). The van der Waals surface area contributed by atoms with Gasteiger partial charge in [0, 0.05) is 13.5 Å². The fourth-order valence-electron chi connectivity index (χ4n) is 2.44. The molecule has 0 aromatic rings. The third kappa shape index (κ3) is 2.25. The molecule has 0 radical (unpaired) electrons. The number of hydrogen-bond acceptors (Lipinski definition) is 3. The Hall–Kier alpha value is -0.610. The highest BCUT2D eigenvalue weighted by atomic mass is 16.5. The van der Waals surface area contributed by atoms with Crippen molar-refractivity contribution >= 4 is 5.91 Å². The molecule has 0 bridgehead atoms. The molecule has 1 fully saturated rings. The molecular formula is C10H20N2O2. The fraction of sp³-hybridized carbons (Fsp3) is 0.900. The van der Waals surface area contributed by atoms with Crippen LogP contribution in [-0.2, 0) is 9.53 Å². The second kappa shape index (κ2) is 4.75. The van der Waals surface area contributed by atoms with Gasteiger partial charge in [-0.25, -0.2) is 0 Å². The van der Waals surface area contributed by atoms with Crippen LogP contribution in [0.1, 0.15) is 32.1 Å². The van der Waals surface area contributed by atoms with Gasteiger partial charge in [-0.2, -0.15) is 0 Å². The van der Waals surface area contributed by atoms with E-state index in [2.05, 4.69) is 5.32 Å². The van der Waals surface area contributed by atoms with E-state index in [1.165, 1.54) is 6.42 Å². The first-order chi connectivity index (χ1) is 6.64. The van der Waals surface area contributed by atoms with Crippen molar-refractivity contribution in [3.05, 3.63) is 0 Å². The van der Waals surface area contributed by atoms with E-state index in [0.29, 0.717) is 6.42 Å². The van der Waals surface area contributed by atoms with Crippen LogP contribution in [0.25, 0.3) is 0 Å². The zero-order valence-electron chi connectivity index (χ0n) is 9.01. The van der Waals surface area contributed by atoms with Crippen molar-refractivity contribution in [2.75, 3.05) is 14.2 Å². The number of primary amides is 1. The van der Waals surface area contributed by atoms with E-state index in [1.54, 1.807) is 7.11 Å². The SMILES string of the molecule is CNC1(CC(N)=O)CCCCC1OC. The molecule has 3 N–H and O–H groups in total. The second-order valence-electron chi connectivity index (χ2n) is 4.02. The van der Waals surface area contributed by atoms with Gasteiger partial charge in [0.15, 0.2) is 0 Å². The highest BCUT2D eigenvalue weighted by molar-refractivity contribution is 5.75. The summed E-state index contributed by atoms with van der Waals surface area (Å²) in [6, 6.07) is 0. The molecule has 0 aromatic carbocycles. The van der Waals surface area contributed by atoms with Gasteiger partial charge in [0.2, 0.25) is 5.91 Å². The number of carbonyl (C=O) groups is 1. The third-order valence-corrected chi connectivity index (χ3v) is 3.23. The Morgan fingerprint density at radius 1 is 1.64 bits per heavy atom. The summed E-state index contributed by atoms with van der Waals surface area (Å²) in [6.07, 6.45) is 4.74. The first kappa shape index (κ1) is 11.5. The van der Waals surface area contributed by atoms with Crippen molar-refractivity contribution in [2.24, 2.45) is 5.73 Å². The number of rotatable bonds is 4. The van der Waals surface area contributed by atoms with Gasteiger partial charge >= 0.3 is 0 Å². The Kier molecular flexibility index (Phi) is 3.89. The molecule has 1 rings (SSSR count). The summed E-state index contributed by atoms with van der Waals surface area (Å²) in [4.78, 5) is 11.0. The number of carbonyl (C=O) groups excluding carboxylic acids is 1. The molecule has 1 aliphatic carbocycles. The highest BCUT2D eigenvalue weighted by Crippen LogP contribution is 2.32. The summed E-state index contributed by atoms with van der Waals surface area (Å²) in [5.74, 6) is -0.261. The van der Waals surface area contributed by atoms with Crippen molar-refractivity contribution < 1.29 is 9.53 Å². The maximum atomic E-state index is 11.0. The molecule has 0 heterocycles. The van der Waals surface area contributed by atoms with Crippen molar-refractivity contribution in [2.45, 2.75) is 43.7 Å². The Bertz CT molecular complexity index is 208. The van der Waals surface area contributed by atoms with E-state index in [-0.39, 0.29) is 17.6 Å². The van der Waals surface area contributed by atoms with Gasteiger partial charge in [-0.05, 0) is 19.9 Å². The lowest BCUT2D eigenvalue weighted by atomic mass is 9.76. The minimum atomic E-state index is -0.261. The molecule has 2 atom stereocenters. The smallest absolute Gasteiger partial charge is 0.219 e. The number of nitrogens with two attached hydrogens (primary N) is 1. The van der Waals surface area contributed by atoms with E-state index in [4.69, 9.17) is 10.5 Å². The Labute approximate surface area is 85.2 Å². The molecule has 0 spiro atoms. The monoisotopic (exact) mass is 200 g/mol. The van der Waals surface area contributed by atoms with E-state index < -0.39 is 0 Å². The van der Waals surface area contributed by atoms with E-state index >= 15 is 0 Å². The maximum absolute atomic E-state index is 11.0. The van der Waals surface area contributed by atoms with Crippen molar-refractivity contribution in [1.29, 1.82) is 0 Å². The molecule has 0 saturated heterocycles. The highest BCUT2D eigenvalue weighted by Gasteiger charge is 2.40. The zero-order valence-corrected chi connectivity index (χ0v) is 9.01. The van der Waals surface area contributed by atoms with Crippen molar-refractivity contribution in [3.8, 4) is 0 Å². The summed E-state index contributed by atoms with van der Waals surface area (Å²) in [6.45, 7) is 0. The molecule has 14 heavy (non-hydrogen) atoms. The zero-order chi connectivity index (χ0) is 10.6. The Morgan fingerprint density at radius 3 is 2.86 bits per heavy atom. The summed E-state index contributed by atoms with van der Waals surface area (Å²) in [5.41, 5.74) is 5.03. The number of nitrogens with one attached hydrogen (secondary N) is 1. The summed E-state index contributed by atoms with van der Waals surface area (Å²) in [7, 11) is 3.57. The van der Waals surface area contributed by atoms with Gasteiger partial charge in [0.25, 0.3) is 0 Å². The number of likely N-dealkylation sites (N-methyl/N-ethyl adjacent to an activating group) is 1.